The fourth-order valence-electron chi connectivity index (χ4n) is 3.88. The van der Waals surface area contributed by atoms with E-state index < -0.39 is 0 Å². The Bertz CT molecular complexity index is 513. The van der Waals surface area contributed by atoms with Crippen LogP contribution in [0.2, 0.25) is 0 Å². The molecule has 0 aromatic heterocycles. The van der Waals surface area contributed by atoms with E-state index in [1.807, 2.05) is 18.2 Å². The number of benzene rings is 1. The molecule has 0 radical (unpaired) electrons. The second-order valence-corrected chi connectivity index (χ2v) is 7.32. The highest BCUT2D eigenvalue weighted by molar-refractivity contribution is 5.88. The molecule has 3 rings (SSSR count). The van der Waals surface area contributed by atoms with E-state index in [0.29, 0.717) is 17.8 Å². The zero-order chi connectivity index (χ0) is 15.7. The van der Waals surface area contributed by atoms with Crippen molar-refractivity contribution in [1.29, 1.82) is 0 Å². The molecule has 2 aliphatic rings. The Morgan fingerprint density at radius 2 is 1.91 bits per heavy atom. The van der Waals surface area contributed by atoms with E-state index in [1.165, 1.54) is 12.8 Å². The summed E-state index contributed by atoms with van der Waals surface area (Å²) in [6, 6.07) is 10.1. The van der Waals surface area contributed by atoms with E-state index >= 15 is 0 Å². The molecule has 1 aromatic carbocycles. The quantitative estimate of drug-likeness (QED) is 0.861. The maximum atomic E-state index is 12.0. The van der Waals surface area contributed by atoms with Gasteiger partial charge in [-0.1, -0.05) is 57.5 Å². The van der Waals surface area contributed by atoms with Gasteiger partial charge in [0.15, 0.2) is 6.10 Å². The van der Waals surface area contributed by atoms with Crippen molar-refractivity contribution in [1.82, 2.24) is 5.32 Å². The van der Waals surface area contributed by atoms with Gasteiger partial charge in [0, 0.05) is 0 Å². The van der Waals surface area contributed by atoms with Crippen LogP contribution in [0.4, 0.5) is 0 Å². The summed E-state index contributed by atoms with van der Waals surface area (Å²) in [4.78, 5) is 12.0. The normalized spacial score (nSPS) is 35.1. The van der Waals surface area contributed by atoms with Gasteiger partial charge in [0.25, 0.3) is 5.91 Å². The fourth-order valence-corrected chi connectivity index (χ4v) is 3.88. The van der Waals surface area contributed by atoms with Gasteiger partial charge in [-0.2, -0.15) is 0 Å². The topological polar surface area (TPSA) is 38.3 Å². The summed E-state index contributed by atoms with van der Waals surface area (Å²) in [6.45, 7) is 6.83. The van der Waals surface area contributed by atoms with Gasteiger partial charge < -0.3 is 10.1 Å². The molecule has 0 spiro atoms. The molecule has 5 atom stereocenters. The predicted octanol–water partition coefficient (Wildman–Crippen LogP) is 3.70. The number of amides is 1. The van der Waals surface area contributed by atoms with Gasteiger partial charge in [-0.3, -0.25) is 4.79 Å². The molecule has 22 heavy (non-hydrogen) atoms. The Balaban J connectivity index is 1.71. The first kappa shape index (κ1) is 15.5. The Hall–Kier alpha value is -1.35. The Morgan fingerprint density at radius 1 is 1.18 bits per heavy atom. The Labute approximate surface area is 133 Å². The smallest absolute Gasteiger partial charge is 0.252 e. The SMILES string of the molecule is CC(C)[C@@H]1CC[C@@H](C)C[C@H]1O[C@H]1C(=O)N[C@H]1c1ccccc1. The standard InChI is InChI=1S/C19H27NO2/c1-12(2)15-10-9-13(3)11-16(15)22-18-17(20-19(18)21)14-7-5-4-6-8-14/h4-8,12-13,15-18H,9-11H2,1-3H3,(H,20,21)/t13-,15+,16-,17+,18-/m1/s1. The maximum absolute atomic E-state index is 12.0. The summed E-state index contributed by atoms with van der Waals surface area (Å²) >= 11 is 0. The third-order valence-corrected chi connectivity index (χ3v) is 5.30. The number of hydrogen-bond donors (Lipinski definition) is 1. The van der Waals surface area contributed by atoms with Crippen LogP contribution in [0.3, 0.4) is 0 Å². The molecule has 0 unspecified atom stereocenters. The van der Waals surface area contributed by atoms with Gasteiger partial charge in [-0.15, -0.1) is 0 Å². The number of nitrogens with one attached hydrogen (secondary N) is 1. The van der Waals surface area contributed by atoms with Crippen LogP contribution < -0.4 is 5.32 Å². The molecule has 1 saturated heterocycles. The fraction of sp³-hybridized carbons (Fsp3) is 0.632. The summed E-state index contributed by atoms with van der Waals surface area (Å²) in [6.07, 6.45) is 3.47. The molecular formula is C19H27NO2. The van der Waals surface area contributed by atoms with E-state index in [9.17, 15) is 4.79 Å². The lowest BCUT2D eigenvalue weighted by atomic mass is 9.75. The number of hydrogen-bond acceptors (Lipinski definition) is 2. The Morgan fingerprint density at radius 3 is 2.55 bits per heavy atom. The third kappa shape index (κ3) is 3.05. The maximum Gasteiger partial charge on any atom is 0.252 e. The summed E-state index contributed by atoms with van der Waals surface area (Å²) in [5, 5.41) is 2.99. The lowest BCUT2D eigenvalue weighted by Gasteiger charge is -2.44. The molecule has 1 aromatic rings. The molecule has 1 aliphatic heterocycles. The van der Waals surface area contributed by atoms with Crippen molar-refractivity contribution in [3.05, 3.63) is 35.9 Å². The minimum Gasteiger partial charge on any atom is -0.362 e. The average Bonchev–Trinajstić information content (AvgIpc) is 2.51. The number of ether oxygens (including phenoxy) is 1. The van der Waals surface area contributed by atoms with E-state index in [2.05, 4.69) is 38.2 Å². The van der Waals surface area contributed by atoms with E-state index in [1.54, 1.807) is 0 Å². The summed E-state index contributed by atoms with van der Waals surface area (Å²) in [5.41, 5.74) is 1.14. The lowest BCUT2D eigenvalue weighted by molar-refractivity contribution is -0.164. The minimum atomic E-state index is -0.320. The largest absolute Gasteiger partial charge is 0.362 e. The van der Waals surface area contributed by atoms with Crippen LogP contribution in [-0.2, 0) is 9.53 Å². The third-order valence-electron chi connectivity index (χ3n) is 5.30. The highest BCUT2D eigenvalue weighted by Crippen LogP contribution is 2.38. The van der Waals surface area contributed by atoms with Crippen molar-refractivity contribution < 1.29 is 9.53 Å². The van der Waals surface area contributed by atoms with Crippen molar-refractivity contribution >= 4 is 5.91 Å². The van der Waals surface area contributed by atoms with E-state index in [0.717, 1.165) is 12.0 Å². The van der Waals surface area contributed by atoms with Crippen molar-refractivity contribution in [2.24, 2.45) is 17.8 Å². The predicted molar refractivity (Wildman–Crippen MR) is 87.3 cm³/mol. The molecule has 1 heterocycles. The van der Waals surface area contributed by atoms with Gasteiger partial charge in [0.1, 0.15) is 0 Å². The van der Waals surface area contributed by atoms with Crippen molar-refractivity contribution in [3.63, 3.8) is 0 Å². The molecule has 120 valence electrons. The van der Waals surface area contributed by atoms with E-state index in [-0.39, 0.29) is 24.2 Å². The molecule has 1 saturated carbocycles. The van der Waals surface area contributed by atoms with Crippen molar-refractivity contribution in [2.75, 3.05) is 0 Å². The van der Waals surface area contributed by atoms with E-state index in [4.69, 9.17) is 4.74 Å². The first-order valence-corrected chi connectivity index (χ1v) is 8.57. The molecule has 0 bridgehead atoms. The van der Waals surface area contributed by atoms with Crippen LogP contribution in [0.15, 0.2) is 30.3 Å². The van der Waals surface area contributed by atoms with Gasteiger partial charge in [-0.25, -0.2) is 0 Å². The zero-order valence-corrected chi connectivity index (χ0v) is 13.8. The summed E-state index contributed by atoms with van der Waals surface area (Å²) < 4.78 is 6.34. The monoisotopic (exact) mass is 301 g/mol. The van der Waals surface area contributed by atoms with Crippen LogP contribution in [0, 0.1) is 17.8 Å². The van der Waals surface area contributed by atoms with Crippen LogP contribution in [-0.4, -0.2) is 18.1 Å². The highest BCUT2D eigenvalue weighted by Gasteiger charge is 2.44. The first-order chi connectivity index (χ1) is 10.6. The summed E-state index contributed by atoms with van der Waals surface area (Å²) in [5.74, 6) is 1.91. The van der Waals surface area contributed by atoms with Gasteiger partial charge in [0.05, 0.1) is 12.1 Å². The molecule has 1 aliphatic carbocycles. The van der Waals surface area contributed by atoms with Crippen LogP contribution >= 0.6 is 0 Å². The lowest BCUT2D eigenvalue weighted by Crippen LogP contribution is -2.59. The number of carbonyl (C=O) groups excluding carboxylic acids is 1. The molecule has 3 heteroatoms. The van der Waals surface area contributed by atoms with Crippen LogP contribution in [0.1, 0.15) is 51.6 Å². The molecule has 1 amide bonds. The number of β-lactam (4-membered cyclic amide) rings is 1. The Kier molecular flexibility index (Phi) is 4.53. The van der Waals surface area contributed by atoms with Gasteiger partial charge in [0.2, 0.25) is 0 Å². The molecule has 2 fully saturated rings. The first-order valence-electron chi connectivity index (χ1n) is 8.57. The van der Waals surface area contributed by atoms with Crippen LogP contribution in [0.5, 0.6) is 0 Å². The van der Waals surface area contributed by atoms with Crippen molar-refractivity contribution in [2.45, 2.75) is 58.3 Å². The molecular weight excluding hydrogens is 274 g/mol. The van der Waals surface area contributed by atoms with Crippen LogP contribution in [0.25, 0.3) is 0 Å². The number of rotatable bonds is 4. The van der Waals surface area contributed by atoms with Crippen molar-refractivity contribution in [3.8, 4) is 0 Å². The second-order valence-electron chi connectivity index (χ2n) is 7.32. The second kappa shape index (κ2) is 6.41. The number of carbonyl (C=O) groups is 1. The highest BCUT2D eigenvalue weighted by atomic mass is 16.5. The summed E-state index contributed by atoms with van der Waals surface area (Å²) in [7, 11) is 0. The molecule has 1 N–H and O–H groups in total. The van der Waals surface area contributed by atoms with Gasteiger partial charge in [-0.05, 0) is 36.2 Å². The average molecular weight is 301 g/mol. The minimum absolute atomic E-state index is 0.0127. The van der Waals surface area contributed by atoms with Gasteiger partial charge >= 0.3 is 0 Å². The molecule has 3 nitrogen and oxygen atoms in total. The zero-order valence-electron chi connectivity index (χ0n) is 13.8.